The van der Waals surface area contributed by atoms with Crippen molar-refractivity contribution < 1.29 is 14.3 Å². The molecule has 0 fully saturated rings. The molecule has 0 radical (unpaired) electrons. The first-order chi connectivity index (χ1) is 11.0. The second kappa shape index (κ2) is 9.72. The smallest absolute Gasteiger partial charge is 0.246 e. The molecular weight excluding hydrogens is 290 g/mol. The van der Waals surface area contributed by atoms with E-state index in [1.807, 2.05) is 32.0 Å². The van der Waals surface area contributed by atoms with Gasteiger partial charge in [-0.15, -0.1) is 0 Å². The Kier molecular flexibility index (Phi) is 7.95. The molecule has 1 rings (SSSR count). The molecule has 0 heterocycles. The molecule has 23 heavy (non-hydrogen) atoms. The molecule has 4 nitrogen and oxygen atoms in total. The summed E-state index contributed by atoms with van der Waals surface area (Å²) in [6.07, 6.45) is 4.30. The van der Waals surface area contributed by atoms with Crippen LogP contribution in [0.15, 0.2) is 36.4 Å². The molecule has 0 spiro atoms. The maximum atomic E-state index is 12.2. The van der Waals surface area contributed by atoms with Crippen LogP contribution < -0.4 is 9.47 Å². The van der Waals surface area contributed by atoms with Gasteiger partial charge in [0.2, 0.25) is 5.91 Å². The van der Waals surface area contributed by atoms with Crippen molar-refractivity contribution in [1.82, 2.24) is 4.90 Å². The molecule has 0 aliphatic rings. The van der Waals surface area contributed by atoms with Crippen molar-refractivity contribution in [3.8, 4) is 11.5 Å². The van der Waals surface area contributed by atoms with Crippen LogP contribution in [0.25, 0.3) is 6.08 Å². The van der Waals surface area contributed by atoms with Crippen LogP contribution in [-0.2, 0) is 4.79 Å². The highest BCUT2D eigenvalue weighted by Crippen LogP contribution is 2.28. The highest BCUT2D eigenvalue weighted by Gasteiger charge is 2.08. The third-order valence-electron chi connectivity index (χ3n) is 3.22. The summed E-state index contributed by atoms with van der Waals surface area (Å²) in [7, 11) is 1.61. The monoisotopic (exact) mass is 317 g/mol. The summed E-state index contributed by atoms with van der Waals surface area (Å²) in [6, 6.07) is 5.64. The van der Waals surface area contributed by atoms with E-state index in [0.717, 1.165) is 23.3 Å². The Morgan fingerprint density at radius 3 is 2.61 bits per heavy atom. The third-order valence-corrected chi connectivity index (χ3v) is 3.22. The largest absolute Gasteiger partial charge is 0.493 e. The van der Waals surface area contributed by atoms with Crippen molar-refractivity contribution in [1.29, 1.82) is 0 Å². The van der Waals surface area contributed by atoms with Gasteiger partial charge in [0.15, 0.2) is 11.5 Å². The van der Waals surface area contributed by atoms with Gasteiger partial charge in [0.1, 0.15) is 0 Å². The van der Waals surface area contributed by atoms with E-state index in [1.165, 1.54) is 0 Å². The summed E-state index contributed by atoms with van der Waals surface area (Å²) in [4.78, 5) is 13.9. The first kappa shape index (κ1) is 18.8. The predicted octanol–water partition coefficient (Wildman–Crippen LogP) is 3.92. The molecular formula is C19H27NO3. The number of benzene rings is 1. The minimum absolute atomic E-state index is 0.0271. The van der Waals surface area contributed by atoms with Crippen molar-refractivity contribution in [3.05, 3.63) is 42.0 Å². The van der Waals surface area contributed by atoms with Gasteiger partial charge in [-0.2, -0.15) is 0 Å². The fourth-order valence-electron chi connectivity index (χ4n) is 2.06. The number of hydrogen-bond donors (Lipinski definition) is 0. The van der Waals surface area contributed by atoms with Gasteiger partial charge in [0, 0.05) is 19.2 Å². The SMILES string of the molecule is C=C(C)CN(CC)C(=O)/C=C/c1ccc(OCCC)c(OC)c1. The molecule has 126 valence electrons. The second-order valence-corrected chi connectivity index (χ2v) is 5.40. The van der Waals surface area contributed by atoms with Gasteiger partial charge in [-0.25, -0.2) is 0 Å². The normalized spacial score (nSPS) is 10.6. The maximum absolute atomic E-state index is 12.2. The number of hydrogen-bond acceptors (Lipinski definition) is 3. The molecule has 0 atom stereocenters. The zero-order chi connectivity index (χ0) is 17.2. The maximum Gasteiger partial charge on any atom is 0.246 e. The van der Waals surface area contributed by atoms with Crippen LogP contribution in [0.3, 0.4) is 0 Å². The van der Waals surface area contributed by atoms with Crippen LogP contribution in [0.4, 0.5) is 0 Å². The second-order valence-electron chi connectivity index (χ2n) is 5.40. The summed E-state index contributed by atoms with van der Waals surface area (Å²) >= 11 is 0. The Morgan fingerprint density at radius 1 is 1.30 bits per heavy atom. The van der Waals surface area contributed by atoms with E-state index in [1.54, 1.807) is 24.2 Å². The van der Waals surface area contributed by atoms with Crippen LogP contribution in [0.2, 0.25) is 0 Å². The summed E-state index contributed by atoms with van der Waals surface area (Å²) < 4.78 is 11.0. The standard InChI is InChI=1S/C19H27NO3/c1-6-12-23-17-10-8-16(13-18(17)22-5)9-11-19(21)20(7-2)14-15(3)4/h8-11,13H,3,6-7,12,14H2,1-2,4-5H3/b11-9+. The molecule has 0 saturated heterocycles. The van der Waals surface area contributed by atoms with E-state index in [-0.39, 0.29) is 5.91 Å². The summed E-state index contributed by atoms with van der Waals surface area (Å²) in [6.45, 7) is 11.7. The van der Waals surface area contributed by atoms with Gasteiger partial charge in [-0.1, -0.05) is 25.1 Å². The van der Waals surface area contributed by atoms with E-state index in [2.05, 4.69) is 13.5 Å². The van der Waals surface area contributed by atoms with Crippen molar-refractivity contribution in [2.24, 2.45) is 0 Å². The fraction of sp³-hybridized carbons (Fsp3) is 0.421. The average molecular weight is 317 g/mol. The lowest BCUT2D eigenvalue weighted by molar-refractivity contribution is -0.125. The summed E-state index contributed by atoms with van der Waals surface area (Å²) in [5.74, 6) is 1.36. The molecule has 0 N–H and O–H groups in total. The van der Waals surface area contributed by atoms with E-state index < -0.39 is 0 Å². The molecule has 0 aliphatic heterocycles. The summed E-state index contributed by atoms with van der Waals surface area (Å²) in [5.41, 5.74) is 1.86. The molecule has 0 aromatic heterocycles. The number of likely N-dealkylation sites (N-methyl/N-ethyl adjacent to an activating group) is 1. The Bertz CT molecular complexity index is 564. The zero-order valence-corrected chi connectivity index (χ0v) is 14.6. The molecule has 0 bridgehead atoms. The minimum Gasteiger partial charge on any atom is -0.493 e. The highest BCUT2D eigenvalue weighted by molar-refractivity contribution is 5.92. The van der Waals surface area contributed by atoms with Gasteiger partial charge in [-0.3, -0.25) is 4.79 Å². The van der Waals surface area contributed by atoms with Crippen LogP contribution in [0, 0.1) is 0 Å². The lowest BCUT2D eigenvalue weighted by Gasteiger charge is -2.18. The molecule has 0 aliphatic carbocycles. The topological polar surface area (TPSA) is 38.8 Å². The average Bonchev–Trinajstić information content (AvgIpc) is 2.55. The number of rotatable bonds is 9. The van der Waals surface area contributed by atoms with Crippen molar-refractivity contribution in [3.63, 3.8) is 0 Å². The van der Waals surface area contributed by atoms with Gasteiger partial charge >= 0.3 is 0 Å². The number of nitrogens with zero attached hydrogens (tertiary/aromatic N) is 1. The van der Waals surface area contributed by atoms with Crippen LogP contribution in [0.1, 0.15) is 32.8 Å². The van der Waals surface area contributed by atoms with Crippen molar-refractivity contribution in [2.75, 3.05) is 26.8 Å². The van der Waals surface area contributed by atoms with Gasteiger partial charge in [0.25, 0.3) is 0 Å². The van der Waals surface area contributed by atoms with Gasteiger partial charge < -0.3 is 14.4 Å². The van der Waals surface area contributed by atoms with E-state index in [4.69, 9.17) is 9.47 Å². The molecule has 4 heteroatoms. The molecule has 1 aromatic rings. The first-order valence-electron chi connectivity index (χ1n) is 7.94. The Morgan fingerprint density at radius 2 is 2.04 bits per heavy atom. The van der Waals surface area contributed by atoms with Crippen LogP contribution >= 0.6 is 0 Å². The zero-order valence-electron chi connectivity index (χ0n) is 14.6. The van der Waals surface area contributed by atoms with Crippen LogP contribution in [-0.4, -0.2) is 37.6 Å². The van der Waals surface area contributed by atoms with E-state index in [0.29, 0.717) is 25.4 Å². The van der Waals surface area contributed by atoms with E-state index in [9.17, 15) is 4.79 Å². The van der Waals surface area contributed by atoms with Gasteiger partial charge in [-0.05, 0) is 44.0 Å². The lowest BCUT2D eigenvalue weighted by Crippen LogP contribution is -2.30. The molecule has 1 aromatic carbocycles. The highest BCUT2D eigenvalue weighted by atomic mass is 16.5. The first-order valence-corrected chi connectivity index (χ1v) is 7.94. The van der Waals surface area contributed by atoms with Crippen molar-refractivity contribution >= 4 is 12.0 Å². The lowest BCUT2D eigenvalue weighted by atomic mass is 10.2. The molecule has 1 amide bonds. The number of amides is 1. The predicted molar refractivity (Wildman–Crippen MR) is 94.9 cm³/mol. The fourth-order valence-corrected chi connectivity index (χ4v) is 2.06. The third kappa shape index (κ3) is 6.19. The Labute approximate surface area is 139 Å². The number of methoxy groups -OCH3 is 1. The number of carbonyl (C=O) groups is 1. The summed E-state index contributed by atoms with van der Waals surface area (Å²) in [5, 5.41) is 0. The van der Waals surface area contributed by atoms with Crippen molar-refractivity contribution in [2.45, 2.75) is 27.2 Å². The Hall–Kier alpha value is -2.23. The van der Waals surface area contributed by atoms with Crippen LogP contribution in [0.5, 0.6) is 11.5 Å². The van der Waals surface area contributed by atoms with Gasteiger partial charge in [0.05, 0.1) is 13.7 Å². The number of ether oxygens (including phenoxy) is 2. The quantitative estimate of drug-likeness (QED) is 0.512. The molecule has 0 unspecified atom stereocenters. The minimum atomic E-state index is -0.0271. The molecule has 0 saturated carbocycles. The Balaban J connectivity index is 2.83. The van der Waals surface area contributed by atoms with E-state index >= 15 is 0 Å². The number of carbonyl (C=O) groups excluding carboxylic acids is 1.